The third kappa shape index (κ3) is 3.52. The molecule has 0 aliphatic heterocycles. The predicted octanol–water partition coefficient (Wildman–Crippen LogP) is 3.36. The number of rotatable bonds is 4. The second kappa shape index (κ2) is 7.01. The number of fused-ring (bicyclic) bond motifs is 1. The van der Waals surface area contributed by atoms with Crippen molar-refractivity contribution in [2.75, 3.05) is 11.6 Å². The van der Waals surface area contributed by atoms with Gasteiger partial charge in [0.1, 0.15) is 5.65 Å². The van der Waals surface area contributed by atoms with E-state index in [1.54, 1.807) is 41.1 Å². The maximum absolute atomic E-state index is 12.5. The first-order valence-corrected chi connectivity index (χ1v) is 11.2. The summed E-state index contributed by atoms with van der Waals surface area (Å²) < 4.78 is 25.2. The highest BCUT2D eigenvalue weighted by Gasteiger charge is 2.20. The van der Waals surface area contributed by atoms with Crippen LogP contribution in [0.4, 0.5) is 11.6 Å². The molecule has 0 amide bonds. The van der Waals surface area contributed by atoms with Crippen molar-refractivity contribution in [3.05, 3.63) is 52.4 Å². The molecule has 0 radical (unpaired) electrons. The number of sulfone groups is 1. The number of aryl methyl sites for hydroxylation is 1. The summed E-state index contributed by atoms with van der Waals surface area (Å²) in [6.07, 6.45) is 7.10. The minimum Gasteiger partial charge on any atom is -0.324 e. The molecule has 2 aromatic heterocycles. The molecule has 0 atom stereocenters. The van der Waals surface area contributed by atoms with Crippen LogP contribution in [-0.4, -0.2) is 29.2 Å². The highest BCUT2D eigenvalue weighted by molar-refractivity contribution is 7.90. The molecule has 7 nitrogen and oxygen atoms in total. The van der Waals surface area contributed by atoms with E-state index in [9.17, 15) is 13.2 Å². The van der Waals surface area contributed by atoms with Gasteiger partial charge in [-0.2, -0.15) is 4.98 Å². The number of hydrogen-bond donors (Lipinski definition) is 1. The Kier molecular flexibility index (Phi) is 4.66. The highest BCUT2D eigenvalue weighted by atomic mass is 32.2. The fraction of sp³-hybridized carbons (Fsp3) is 0.350. The molecule has 1 aliphatic carbocycles. The quantitative estimate of drug-likeness (QED) is 0.724. The van der Waals surface area contributed by atoms with E-state index in [2.05, 4.69) is 15.3 Å². The second-order valence-corrected chi connectivity index (χ2v) is 9.34. The van der Waals surface area contributed by atoms with Gasteiger partial charge in [-0.05, 0) is 49.6 Å². The number of nitrogens with zero attached hydrogens (tertiary/aromatic N) is 3. The smallest absolute Gasteiger partial charge is 0.252 e. The molecule has 1 aliphatic rings. The molecule has 1 fully saturated rings. The lowest BCUT2D eigenvalue weighted by molar-refractivity contribution is 0.516. The van der Waals surface area contributed by atoms with Crippen LogP contribution in [-0.2, 0) is 9.84 Å². The Bertz CT molecular complexity index is 1210. The number of pyridine rings is 1. The predicted molar refractivity (Wildman–Crippen MR) is 109 cm³/mol. The zero-order valence-electron chi connectivity index (χ0n) is 15.8. The van der Waals surface area contributed by atoms with E-state index in [0.29, 0.717) is 11.6 Å². The SMILES string of the molecule is Cc1cc(S(C)(=O)=O)ccc1Nc1ncc2ccc(=O)n(C3CCCC3)c2n1. The fourth-order valence-electron chi connectivity index (χ4n) is 3.74. The van der Waals surface area contributed by atoms with Crippen LogP contribution < -0.4 is 10.9 Å². The Morgan fingerprint density at radius 2 is 1.89 bits per heavy atom. The molecule has 3 aromatic rings. The average molecular weight is 398 g/mol. The van der Waals surface area contributed by atoms with E-state index < -0.39 is 9.84 Å². The van der Waals surface area contributed by atoms with E-state index in [1.165, 1.54) is 6.26 Å². The summed E-state index contributed by atoms with van der Waals surface area (Å²) in [4.78, 5) is 21.7. The molecular weight excluding hydrogens is 376 g/mol. The number of anilines is 2. The van der Waals surface area contributed by atoms with Gasteiger partial charge in [0.2, 0.25) is 5.95 Å². The maximum atomic E-state index is 12.5. The number of aromatic nitrogens is 3. The van der Waals surface area contributed by atoms with Gasteiger partial charge in [-0.15, -0.1) is 0 Å². The monoisotopic (exact) mass is 398 g/mol. The topological polar surface area (TPSA) is 94.0 Å². The zero-order valence-corrected chi connectivity index (χ0v) is 16.7. The Balaban J connectivity index is 1.74. The number of benzene rings is 1. The first-order valence-electron chi connectivity index (χ1n) is 9.29. The van der Waals surface area contributed by atoms with Crippen molar-refractivity contribution in [1.82, 2.24) is 14.5 Å². The minimum atomic E-state index is -3.26. The average Bonchev–Trinajstić information content (AvgIpc) is 3.16. The van der Waals surface area contributed by atoms with Gasteiger partial charge in [-0.25, -0.2) is 13.4 Å². The van der Waals surface area contributed by atoms with Crippen LogP contribution in [0.5, 0.6) is 0 Å². The number of hydrogen-bond acceptors (Lipinski definition) is 6. The van der Waals surface area contributed by atoms with Crippen LogP contribution in [0.1, 0.15) is 37.3 Å². The zero-order chi connectivity index (χ0) is 19.9. The van der Waals surface area contributed by atoms with Crippen molar-refractivity contribution in [2.24, 2.45) is 0 Å². The molecule has 0 saturated heterocycles. The van der Waals surface area contributed by atoms with Crippen molar-refractivity contribution in [1.29, 1.82) is 0 Å². The molecule has 28 heavy (non-hydrogen) atoms. The summed E-state index contributed by atoms with van der Waals surface area (Å²) in [5.41, 5.74) is 2.07. The molecule has 146 valence electrons. The Morgan fingerprint density at radius 3 is 2.57 bits per heavy atom. The van der Waals surface area contributed by atoms with Gasteiger partial charge < -0.3 is 5.32 Å². The first kappa shape index (κ1) is 18.6. The second-order valence-electron chi connectivity index (χ2n) is 7.33. The van der Waals surface area contributed by atoms with E-state index in [4.69, 9.17) is 0 Å². The number of nitrogens with one attached hydrogen (secondary N) is 1. The lowest BCUT2D eigenvalue weighted by Crippen LogP contribution is -2.23. The molecular formula is C20H22N4O3S. The van der Waals surface area contributed by atoms with Gasteiger partial charge in [0.05, 0.1) is 4.90 Å². The molecule has 0 spiro atoms. The van der Waals surface area contributed by atoms with Crippen molar-refractivity contribution in [3.63, 3.8) is 0 Å². The molecule has 1 aromatic carbocycles. The Morgan fingerprint density at radius 1 is 1.14 bits per heavy atom. The molecule has 4 rings (SSSR count). The van der Waals surface area contributed by atoms with Crippen molar-refractivity contribution in [3.8, 4) is 0 Å². The van der Waals surface area contributed by atoms with Crippen LogP contribution in [0.2, 0.25) is 0 Å². The molecule has 2 heterocycles. The first-order chi connectivity index (χ1) is 13.3. The molecule has 1 saturated carbocycles. The van der Waals surface area contributed by atoms with Crippen molar-refractivity contribution < 1.29 is 8.42 Å². The van der Waals surface area contributed by atoms with Crippen LogP contribution in [0.15, 0.2) is 46.2 Å². The normalized spacial score (nSPS) is 15.2. The summed E-state index contributed by atoms with van der Waals surface area (Å²) in [6, 6.07) is 8.38. The highest BCUT2D eigenvalue weighted by Crippen LogP contribution is 2.30. The van der Waals surface area contributed by atoms with E-state index >= 15 is 0 Å². The summed E-state index contributed by atoms with van der Waals surface area (Å²) in [5, 5.41) is 3.97. The maximum Gasteiger partial charge on any atom is 0.252 e. The fourth-order valence-corrected chi connectivity index (χ4v) is 4.45. The van der Waals surface area contributed by atoms with Crippen LogP contribution in [0.3, 0.4) is 0 Å². The van der Waals surface area contributed by atoms with E-state index in [1.807, 2.05) is 6.92 Å². The third-order valence-corrected chi connectivity index (χ3v) is 6.34. The van der Waals surface area contributed by atoms with Gasteiger partial charge >= 0.3 is 0 Å². The standard InChI is InChI=1S/C20H22N4O3S/c1-13-11-16(28(2,26)27)8-9-17(13)22-20-21-12-14-7-10-18(25)24(19(14)23-20)15-5-3-4-6-15/h7-12,15H,3-6H2,1-2H3,(H,21,22,23). The minimum absolute atomic E-state index is 0.0438. The molecule has 0 bridgehead atoms. The van der Waals surface area contributed by atoms with Gasteiger partial charge in [0.15, 0.2) is 9.84 Å². The summed E-state index contributed by atoms with van der Waals surface area (Å²) in [7, 11) is -3.26. The van der Waals surface area contributed by atoms with Gasteiger partial charge in [-0.1, -0.05) is 12.8 Å². The van der Waals surface area contributed by atoms with Crippen LogP contribution in [0.25, 0.3) is 11.0 Å². The molecule has 8 heteroatoms. The molecule has 1 N–H and O–H groups in total. The lowest BCUT2D eigenvalue weighted by Gasteiger charge is -2.16. The Labute approximate surface area is 163 Å². The summed E-state index contributed by atoms with van der Waals surface area (Å²) >= 11 is 0. The summed E-state index contributed by atoms with van der Waals surface area (Å²) in [6.45, 7) is 1.83. The van der Waals surface area contributed by atoms with Crippen molar-refractivity contribution >= 4 is 32.5 Å². The summed E-state index contributed by atoms with van der Waals surface area (Å²) in [5.74, 6) is 0.375. The van der Waals surface area contributed by atoms with Gasteiger partial charge in [-0.3, -0.25) is 9.36 Å². The van der Waals surface area contributed by atoms with E-state index in [-0.39, 0.29) is 16.5 Å². The largest absolute Gasteiger partial charge is 0.324 e. The lowest BCUT2D eigenvalue weighted by atomic mass is 10.2. The van der Waals surface area contributed by atoms with Crippen molar-refractivity contribution in [2.45, 2.75) is 43.5 Å². The molecule has 0 unspecified atom stereocenters. The van der Waals surface area contributed by atoms with Gasteiger partial charge in [0, 0.05) is 35.6 Å². The van der Waals surface area contributed by atoms with Crippen LogP contribution in [0, 0.1) is 6.92 Å². The van der Waals surface area contributed by atoms with Crippen LogP contribution >= 0.6 is 0 Å². The van der Waals surface area contributed by atoms with Gasteiger partial charge in [0.25, 0.3) is 5.56 Å². The third-order valence-electron chi connectivity index (χ3n) is 5.23. The Hall–Kier alpha value is -2.74. The van der Waals surface area contributed by atoms with E-state index in [0.717, 1.165) is 42.3 Å².